The first-order chi connectivity index (χ1) is 17.9. The summed E-state index contributed by atoms with van der Waals surface area (Å²) in [7, 11) is 0. The Kier molecular flexibility index (Phi) is 6.27. The van der Waals surface area contributed by atoms with Gasteiger partial charge in [0.25, 0.3) is 5.91 Å². The Morgan fingerprint density at radius 2 is 1.76 bits per heavy atom. The van der Waals surface area contributed by atoms with E-state index < -0.39 is 24.4 Å². The Hall–Kier alpha value is -5.16. The van der Waals surface area contributed by atoms with E-state index in [9.17, 15) is 19.6 Å². The topological polar surface area (TPSA) is 107 Å². The first-order valence-electron chi connectivity index (χ1n) is 11.7. The molecule has 0 spiro atoms. The normalized spacial score (nSPS) is 14.2. The number of fused-ring (bicyclic) bond motifs is 1. The molecule has 0 radical (unpaired) electrons. The lowest BCUT2D eigenvalue weighted by Gasteiger charge is -2.12. The number of carbonyl (C=O) groups is 3. The zero-order valence-electron chi connectivity index (χ0n) is 20.1. The number of nitrogens with zero attached hydrogens (tertiary/aromatic N) is 3. The van der Waals surface area contributed by atoms with Crippen molar-refractivity contribution in [2.24, 2.45) is 0 Å². The zero-order valence-corrected chi connectivity index (χ0v) is 20.1. The summed E-state index contributed by atoms with van der Waals surface area (Å²) in [5, 5.41) is 15.6. The van der Waals surface area contributed by atoms with Gasteiger partial charge < -0.3 is 15.2 Å². The van der Waals surface area contributed by atoms with Crippen LogP contribution in [0.1, 0.15) is 22.3 Å². The molecule has 182 valence electrons. The van der Waals surface area contributed by atoms with Gasteiger partial charge in [-0.3, -0.25) is 9.59 Å². The monoisotopic (exact) mass is 489 g/mol. The lowest BCUT2D eigenvalue weighted by Crippen LogP contribution is -2.38. The summed E-state index contributed by atoms with van der Waals surface area (Å²) < 4.78 is 2.01. The molecule has 2 heterocycles. The number of rotatable bonds is 6. The average molecular weight is 490 g/mol. The van der Waals surface area contributed by atoms with Crippen molar-refractivity contribution in [3.8, 4) is 6.07 Å². The predicted octanol–water partition coefficient (Wildman–Crippen LogP) is 4.40. The number of nitrogens with one attached hydrogen (secondary N) is 2. The van der Waals surface area contributed by atoms with Crippen LogP contribution >= 0.6 is 0 Å². The van der Waals surface area contributed by atoms with E-state index in [4.69, 9.17) is 0 Å². The third-order valence-electron chi connectivity index (χ3n) is 6.20. The molecule has 8 heteroatoms. The van der Waals surface area contributed by atoms with Crippen molar-refractivity contribution in [1.29, 1.82) is 5.26 Å². The molecule has 1 fully saturated rings. The summed E-state index contributed by atoms with van der Waals surface area (Å²) in [5.74, 6) is -1.04. The number of urea groups is 1. The van der Waals surface area contributed by atoms with Crippen molar-refractivity contribution in [3.63, 3.8) is 0 Å². The van der Waals surface area contributed by atoms with E-state index in [2.05, 4.69) is 16.7 Å². The largest absolute Gasteiger partial charge is 0.342 e. The standard InChI is InChI=1S/C29H23N5O3/c1-19-10-12-23(13-11-19)31-27(35)18-34-28(36)25(32-29(34)37)14-22-17-33(26-9-5-4-8-24(22)26)16-21-7-3-2-6-20(21)15-30/h2-14,17H,16,18H2,1H3,(H,31,35)(H,32,37). The van der Waals surface area contributed by atoms with Crippen molar-refractivity contribution >= 4 is 40.5 Å². The van der Waals surface area contributed by atoms with Crippen LogP contribution in [-0.2, 0) is 16.1 Å². The average Bonchev–Trinajstić information content (AvgIpc) is 3.37. The first kappa shape index (κ1) is 23.6. The Morgan fingerprint density at radius 1 is 1.03 bits per heavy atom. The van der Waals surface area contributed by atoms with Gasteiger partial charge in [-0.15, -0.1) is 0 Å². The highest BCUT2D eigenvalue weighted by atomic mass is 16.2. The lowest BCUT2D eigenvalue weighted by atomic mass is 10.1. The molecule has 0 aliphatic carbocycles. The van der Waals surface area contributed by atoms with Crippen LogP contribution < -0.4 is 10.6 Å². The van der Waals surface area contributed by atoms with Gasteiger partial charge in [-0.1, -0.05) is 54.1 Å². The molecule has 3 aromatic carbocycles. The van der Waals surface area contributed by atoms with Gasteiger partial charge in [-0.2, -0.15) is 5.26 Å². The number of benzene rings is 3. The Balaban J connectivity index is 1.39. The fraction of sp³-hybridized carbons (Fsp3) is 0.103. The van der Waals surface area contributed by atoms with E-state index in [0.717, 1.165) is 32.5 Å². The van der Waals surface area contributed by atoms with Gasteiger partial charge in [0.05, 0.1) is 11.6 Å². The van der Waals surface area contributed by atoms with Gasteiger partial charge in [0.1, 0.15) is 12.2 Å². The summed E-state index contributed by atoms with van der Waals surface area (Å²) in [4.78, 5) is 38.9. The molecule has 5 rings (SSSR count). The second-order valence-corrected chi connectivity index (χ2v) is 8.79. The summed E-state index contributed by atoms with van der Waals surface area (Å²) >= 11 is 0. The van der Waals surface area contributed by atoms with Crippen LogP contribution in [0.5, 0.6) is 0 Å². The number of amides is 4. The van der Waals surface area contributed by atoms with E-state index in [1.54, 1.807) is 24.3 Å². The van der Waals surface area contributed by atoms with E-state index in [0.29, 0.717) is 17.8 Å². The van der Waals surface area contributed by atoms with E-state index in [1.807, 2.05) is 72.3 Å². The number of nitriles is 1. The second-order valence-electron chi connectivity index (χ2n) is 8.79. The molecule has 0 saturated carbocycles. The maximum atomic E-state index is 13.0. The predicted molar refractivity (Wildman–Crippen MR) is 140 cm³/mol. The summed E-state index contributed by atoms with van der Waals surface area (Å²) in [5.41, 5.74) is 4.86. The van der Waals surface area contributed by atoms with Crippen LogP contribution in [0.15, 0.2) is 84.7 Å². The molecule has 1 saturated heterocycles. The number of anilines is 1. The number of aromatic nitrogens is 1. The van der Waals surface area contributed by atoms with Crippen LogP contribution in [0, 0.1) is 18.3 Å². The SMILES string of the molecule is Cc1ccc(NC(=O)CN2C(=O)NC(=Cc3cn(Cc4ccccc4C#N)c4ccccc34)C2=O)cc1. The Labute approximate surface area is 213 Å². The molecule has 4 aromatic rings. The molecule has 2 N–H and O–H groups in total. The number of hydrogen-bond donors (Lipinski definition) is 2. The minimum atomic E-state index is -0.651. The molecule has 0 atom stereocenters. The van der Waals surface area contributed by atoms with Gasteiger partial charge in [0.2, 0.25) is 5.91 Å². The highest BCUT2D eigenvalue weighted by Gasteiger charge is 2.35. The van der Waals surface area contributed by atoms with Gasteiger partial charge in [-0.25, -0.2) is 9.69 Å². The summed E-state index contributed by atoms with van der Waals surface area (Å²) in [6, 6.07) is 23.9. The molecule has 1 aliphatic rings. The van der Waals surface area contributed by atoms with Crippen LogP contribution in [0.4, 0.5) is 10.5 Å². The van der Waals surface area contributed by atoms with Crippen molar-refractivity contribution in [2.75, 3.05) is 11.9 Å². The van der Waals surface area contributed by atoms with E-state index >= 15 is 0 Å². The molecule has 0 bridgehead atoms. The number of imide groups is 1. The maximum absolute atomic E-state index is 13.0. The Morgan fingerprint density at radius 3 is 2.54 bits per heavy atom. The number of hydrogen-bond acceptors (Lipinski definition) is 4. The molecule has 1 aliphatic heterocycles. The third-order valence-corrected chi connectivity index (χ3v) is 6.20. The molecule has 1 aromatic heterocycles. The molecule has 4 amide bonds. The number of para-hydroxylation sites is 1. The minimum Gasteiger partial charge on any atom is -0.342 e. The molecule has 37 heavy (non-hydrogen) atoms. The molecule has 8 nitrogen and oxygen atoms in total. The van der Waals surface area contributed by atoms with Gasteiger partial charge >= 0.3 is 6.03 Å². The third kappa shape index (κ3) is 4.83. The number of carbonyl (C=O) groups excluding carboxylic acids is 3. The Bertz CT molecular complexity index is 1610. The summed E-state index contributed by atoms with van der Waals surface area (Å²) in [6.07, 6.45) is 3.51. The highest BCUT2D eigenvalue weighted by Crippen LogP contribution is 2.26. The minimum absolute atomic E-state index is 0.0912. The number of aryl methyl sites for hydroxylation is 1. The van der Waals surface area contributed by atoms with E-state index in [-0.39, 0.29) is 5.70 Å². The van der Waals surface area contributed by atoms with Gasteiger partial charge in [0.15, 0.2) is 0 Å². The molecular weight excluding hydrogens is 466 g/mol. The molecular formula is C29H23N5O3. The van der Waals surface area contributed by atoms with Crippen molar-refractivity contribution < 1.29 is 14.4 Å². The van der Waals surface area contributed by atoms with Gasteiger partial charge in [0, 0.05) is 34.9 Å². The quantitative estimate of drug-likeness (QED) is 0.309. The van der Waals surface area contributed by atoms with Crippen LogP contribution in [0.2, 0.25) is 0 Å². The second kappa shape index (κ2) is 9.84. The van der Waals surface area contributed by atoms with Crippen LogP contribution in [0.3, 0.4) is 0 Å². The van der Waals surface area contributed by atoms with Crippen LogP contribution in [0.25, 0.3) is 17.0 Å². The smallest absolute Gasteiger partial charge is 0.329 e. The maximum Gasteiger partial charge on any atom is 0.329 e. The van der Waals surface area contributed by atoms with Crippen molar-refractivity contribution in [2.45, 2.75) is 13.5 Å². The summed E-state index contributed by atoms with van der Waals surface area (Å²) in [6.45, 7) is 2.01. The van der Waals surface area contributed by atoms with Crippen molar-refractivity contribution in [3.05, 3.63) is 107 Å². The molecule has 0 unspecified atom stereocenters. The van der Waals surface area contributed by atoms with Crippen LogP contribution in [-0.4, -0.2) is 33.9 Å². The lowest BCUT2D eigenvalue weighted by molar-refractivity contribution is -0.127. The van der Waals surface area contributed by atoms with Gasteiger partial charge in [-0.05, 0) is 42.8 Å². The fourth-order valence-electron chi connectivity index (χ4n) is 4.32. The first-order valence-corrected chi connectivity index (χ1v) is 11.7. The highest BCUT2D eigenvalue weighted by molar-refractivity contribution is 6.16. The fourth-order valence-corrected chi connectivity index (χ4v) is 4.32. The van der Waals surface area contributed by atoms with E-state index in [1.165, 1.54) is 0 Å². The zero-order chi connectivity index (χ0) is 25.9. The van der Waals surface area contributed by atoms with Crippen molar-refractivity contribution in [1.82, 2.24) is 14.8 Å².